The second-order valence-corrected chi connectivity index (χ2v) is 8.69. The third-order valence-electron chi connectivity index (χ3n) is 4.97. The highest BCUT2D eigenvalue weighted by Gasteiger charge is 2.26. The maximum Gasteiger partial charge on any atom is 0.244 e. The van der Waals surface area contributed by atoms with E-state index in [-0.39, 0.29) is 10.9 Å². The van der Waals surface area contributed by atoms with Gasteiger partial charge in [0.25, 0.3) is 0 Å². The summed E-state index contributed by atoms with van der Waals surface area (Å²) < 4.78 is 32.3. The van der Waals surface area contributed by atoms with Crippen molar-refractivity contribution in [3.05, 3.63) is 18.3 Å². The maximum absolute atomic E-state index is 12.6. The van der Waals surface area contributed by atoms with Crippen LogP contribution in [-0.4, -0.2) is 50.1 Å². The summed E-state index contributed by atoms with van der Waals surface area (Å²) in [6.07, 6.45) is 6.69. The van der Waals surface area contributed by atoms with E-state index in [0.29, 0.717) is 24.8 Å². The van der Waals surface area contributed by atoms with Gasteiger partial charge < -0.3 is 10.1 Å². The summed E-state index contributed by atoms with van der Waals surface area (Å²) in [6, 6.07) is 3.67. The van der Waals surface area contributed by atoms with Crippen LogP contribution in [0.3, 0.4) is 0 Å². The molecule has 134 valence electrons. The molecule has 0 unspecified atom stereocenters. The Morgan fingerprint density at radius 2 is 2.04 bits per heavy atom. The SMILES string of the molecule is C[C@H](Nc1ccc(S(=O)(=O)N2CCCCC2)cn1)[C@@H]1CCCOC1. The number of nitrogens with one attached hydrogen (secondary N) is 1. The summed E-state index contributed by atoms with van der Waals surface area (Å²) in [5.41, 5.74) is 0. The molecule has 3 heterocycles. The van der Waals surface area contributed by atoms with E-state index in [9.17, 15) is 8.42 Å². The molecule has 0 saturated carbocycles. The molecule has 2 atom stereocenters. The number of hydrogen-bond acceptors (Lipinski definition) is 5. The second-order valence-electron chi connectivity index (χ2n) is 6.75. The van der Waals surface area contributed by atoms with Crippen LogP contribution in [0.5, 0.6) is 0 Å². The average molecular weight is 353 g/mol. The molecule has 2 aliphatic heterocycles. The fourth-order valence-electron chi connectivity index (χ4n) is 3.38. The van der Waals surface area contributed by atoms with Crippen LogP contribution in [0.2, 0.25) is 0 Å². The van der Waals surface area contributed by atoms with Crippen LogP contribution >= 0.6 is 0 Å². The summed E-state index contributed by atoms with van der Waals surface area (Å²) in [7, 11) is -3.40. The molecule has 2 fully saturated rings. The number of nitrogens with zero attached hydrogens (tertiary/aromatic N) is 2. The van der Waals surface area contributed by atoms with Gasteiger partial charge in [0.15, 0.2) is 0 Å². The van der Waals surface area contributed by atoms with Gasteiger partial charge in [0, 0.05) is 37.9 Å². The minimum Gasteiger partial charge on any atom is -0.381 e. The largest absolute Gasteiger partial charge is 0.381 e. The van der Waals surface area contributed by atoms with Gasteiger partial charge in [-0.1, -0.05) is 6.42 Å². The van der Waals surface area contributed by atoms with E-state index in [1.54, 1.807) is 16.4 Å². The van der Waals surface area contributed by atoms with Gasteiger partial charge in [-0.3, -0.25) is 0 Å². The molecule has 3 rings (SSSR count). The predicted molar refractivity (Wildman–Crippen MR) is 93.5 cm³/mol. The molecule has 0 bridgehead atoms. The molecule has 7 heteroatoms. The van der Waals surface area contributed by atoms with Crippen LogP contribution in [0.4, 0.5) is 5.82 Å². The summed E-state index contributed by atoms with van der Waals surface area (Å²) in [5.74, 6) is 1.18. The van der Waals surface area contributed by atoms with Crippen molar-refractivity contribution in [1.29, 1.82) is 0 Å². The maximum atomic E-state index is 12.6. The molecular weight excluding hydrogens is 326 g/mol. The smallest absolute Gasteiger partial charge is 0.244 e. The Morgan fingerprint density at radius 3 is 2.67 bits per heavy atom. The third-order valence-corrected chi connectivity index (χ3v) is 6.85. The minimum absolute atomic E-state index is 0.252. The third kappa shape index (κ3) is 4.07. The Morgan fingerprint density at radius 1 is 1.25 bits per heavy atom. The van der Waals surface area contributed by atoms with Gasteiger partial charge >= 0.3 is 0 Å². The topological polar surface area (TPSA) is 71.5 Å². The zero-order valence-electron chi connectivity index (χ0n) is 14.3. The Hall–Kier alpha value is -1.18. The van der Waals surface area contributed by atoms with Gasteiger partial charge in [-0.15, -0.1) is 0 Å². The van der Waals surface area contributed by atoms with Crippen molar-refractivity contribution in [1.82, 2.24) is 9.29 Å². The highest BCUT2D eigenvalue weighted by Crippen LogP contribution is 2.23. The minimum atomic E-state index is -3.40. The van der Waals surface area contributed by atoms with Crippen molar-refractivity contribution in [2.45, 2.75) is 50.0 Å². The molecule has 1 aromatic heterocycles. The molecule has 0 aromatic carbocycles. The summed E-state index contributed by atoms with van der Waals surface area (Å²) in [5, 5.41) is 3.37. The number of sulfonamides is 1. The van der Waals surface area contributed by atoms with Gasteiger partial charge in [-0.05, 0) is 44.7 Å². The molecule has 24 heavy (non-hydrogen) atoms. The molecule has 2 saturated heterocycles. The first-order valence-electron chi connectivity index (χ1n) is 8.88. The first-order chi connectivity index (χ1) is 11.6. The van der Waals surface area contributed by atoms with Gasteiger partial charge in [0.05, 0.1) is 6.61 Å². The van der Waals surface area contributed by atoms with Crippen molar-refractivity contribution >= 4 is 15.8 Å². The molecule has 0 spiro atoms. The fraction of sp³-hybridized carbons (Fsp3) is 0.706. The normalized spacial score (nSPS) is 24.5. The lowest BCUT2D eigenvalue weighted by molar-refractivity contribution is 0.0496. The van der Waals surface area contributed by atoms with Crippen molar-refractivity contribution in [2.75, 3.05) is 31.6 Å². The zero-order valence-corrected chi connectivity index (χ0v) is 15.1. The first kappa shape index (κ1) is 17.6. The van der Waals surface area contributed by atoms with Crippen LogP contribution in [0.15, 0.2) is 23.2 Å². The van der Waals surface area contributed by atoms with Crippen molar-refractivity contribution in [3.8, 4) is 0 Å². The van der Waals surface area contributed by atoms with Crippen LogP contribution in [0.1, 0.15) is 39.0 Å². The second kappa shape index (κ2) is 7.80. The van der Waals surface area contributed by atoms with E-state index in [4.69, 9.17) is 4.74 Å². The standard InChI is InChI=1S/C17H27N3O3S/c1-14(15-6-5-11-23-13-15)19-17-8-7-16(12-18-17)24(21,22)20-9-3-2-4-10-20/h7-8,12,14-15H,2-6,9-11,13H2,1H3,(H,18,19)/t14-,15+/m0/s1. The van der Waals surface area contributed by atoms with Crippen molar-refractivity contribution in [2.24, 2.45) is 5.92 Å². The van der Waals surface area contributed by atoms with E-state index >= 15 is 0 Å². The lowest BCUT2D eigenvalue weighted by Gasteiger charge is -2.28. The van der Waals surface area contributed by atoms with E-state index in [1.807, 2.05) is 0 Å². The Labute approximate surface area is 144 Å². The Balaban J connectivity index is 1.64. The number of piperidine rings is 1. The van der Waals surface area contributed by atoms with Gasteiger partial charge in [-0.2, -0.15) is 4.31 Å². The highest BCUT2D eigenvalue weighted by molar-refractivity contribution is 7.89. The fourth-order valence-corrected chi connectivity index (χ4v) is 4.85. The summed E-state index contributed by atoms with van der Waals surface area (Å²) in [6.45, 7) is 4.97. The van der Waals surface area contributed by atoms with Crippen LogP contribution < -0.4 is 5.32 Å². The first-order valence-corrected chi connectivity index (χ1v) is 10.3. The Kier molecular flexibility index (Phi) is 5.73. The van der Waals surface area contributed by atoms with E-state index in [1.165, 1.54) is 6.20 Å². The van der Waals surface area contributed by atoms with E-state index in [2.05, 4.69) is 17.2 Å². The number of pyridine rings is 1. The summed E-state index contributed by atoms with van der Waals surface area (Å²) >= 11 is 0. The summed E-state index contributed by atoms with van der Waals surface area (Å²) in [4.78, 5) is 4.60. The number of ether oxygens (including phenoxy) is 1. The monoisotopic (exact) mass is 353 g/mol. The van der Waals surface area contributed by atoms with Crippen LogP contribution in [0.25, 0.3) is 0 Å². The van der Waals surface area contributed by atoms with E-state index < -0.39 is 10.0 Å². The molecular formula is C17H27N3O3S. The van der Waals surface area contributed by atoms with Crippen molar-refractivity contribution in [3.63, 3.8) is 0 Å². The quantitative estimate of drug-likeness (QED) is 0.880. The number of anilines is 1. The highest BCUT2D eigenvalue weighted by atomic mass is 32.2. The van der Waals surface area contributed by atoms with E-state index in [0.717, 1.165) is 45.3 Å². The van der Waals surface area contributed by atoms with Crippen LogP contribution in [0, 0.1) is 5.92 Å². The lowest BCUT2D eigenvalue weighted by atomic mass is 9.95. The molecule has 1 aromatic rings. The molecule has 1 N–H and O–H groups in total. The molecule has 0 amide bonds. The zero-order chi connectivity index (χ0) is 17.0. The van der Waals surface area contributed by atoms with Gasteiger partial charge in [-0.25, -0.2) is 13.4 Å². The Bertz CT molecular complexity index is 621. The van der Waals surface area contributed by atoms with Crippen molar-refractivity contribution < 1.29 is 13.2 Å². The molecule has 2 aliphatic rings. The lowest BCUT2D eigenvalue weighted by Crippen LogP contribution is -2.35. The molecule has 6 nitrogen and oxygen atoms in total. The van der Waals surface area contributed by atoms with Gasteiger partial charge in [0.2, 0.25) is 10.0 Å². The molecule has 0 aliphatic carbocycles. The average Bonchev–Trinajstić information content (AvgIpc) is 2.63. The predicted octanol–water partition coefficient (Wildman–Crippen LogP) is 2.48. The number of rotatable bonds is 5. The number of hydrogen-bond donors (Lipinski definition) is 1. The van der Waals surface area contributed by atoms with Gasteiger partial charge in [0.1, 0.15) is 10.7 Å². The number of aromatic nitrogens is 1. The van der Waals surface area contributed by atoms with Crippen LogP contribution in [-0.2, 0) is 14.8 Å². The molecule has 0 radical (unpaired) electrons.